The lowest BCUT2D eigenvalue weighted by molar-refractivity contribution is 0.0925. The number of benzene rings is 2. The number of anilines is 1. The average molecular weight is 350 g/mol. The van der Waals surface area contributed by atoms with Gasteiger partial charge in [-0.15, -0.1) is 0 Å². The molecule has 0 atom stereocenters. The van der Waals surface area contributed by atoms with Gasteiger partial charge in [-0.05, 0) is 47.7 Å². The van der Waals surface area contributed by atoms with Crippen LogP contribution in [0.15, 0.2) is 42.6 Å². The number of halogens is 1. The van der Waals surface area contributed by atoms with Gasteiger partial charge in [0.1, 0.15) is 11.6 Å². The van der Waals surface area contributed by atoms with E-state index < -0.39 is 0 Å². The minimum atomic E-state index is -0.317. The number of carbonyl (C=O) groups is 1. The zero-order chi connectivity index (χ0) is 18.3. The average Bonchev–Trinajstić information content (AvgIpc) is 2.57. The molecule has 0 spiro atoms. The van der Waals surface area contributed by atoms with Crippen LogP contribution in [0, 0.1) is 12.7 Å². The third-order valence-electron chi connectivity index (χ3n) is 4.73. The van der Waals surface area contributed by atoms with E-state index >= 15 is 0 Å². The SMILES string of the molecule is Cc1cccc(F)c1-c1cc(C(=O)NC2CNC2)c2cc(N)ncc2c1. The Hall–Kier alpha value is -2.99. The van der Waals surface area contributed by atoms with Crippen LogP contribution in [0.25, 0.3) is 21.9 Å². The Kier molecular flexibility index (Phi) is 4.05. The van der Waals surface area contributed by atoms with Crippen LogP contribution in [0.3, 0.4) is 0 Å². The number of hydrogen-bond donors (Lipinski definition) is 3. The number of nitrogens with one attached hydrogen (secondary N) is 2. The summed E-state index contributed by atoms with van der Waals surface area (Å²) in [5.74, 6) is -0.170. The zero-order valence-electron chi connectivity index (χ0n) is 14.3. The summed E-state index contributed by atoms with van der Waals surface area (Å²) in [4.78, 5) is 17.0. The number of aromatic nitrogens is 1. The zero-order valence-corrected chi connectivity index (χ0v) is 14.3. The van der Waals surface area contributed by atoms with E-state index in [-0.39, 0.29) is 17.8 Å². The highest BCUT2D eigenvalue weighted by Gasteiger charge is 2.22. The van der Waals surface area contributed by atoms with E-state index in [4.69, 9.17) is 5.73 Å². The molecule has 0 bridgehead atoms. The van der Waals surface area contributed by atoms with Crippen LogP contribution in [-0.4, -0.2) is 30.0 Å². The molecular formula is C20H19FN4O. The van der Waals surface area contributed by atoms with Gasteiger partial charge in [-0.1, -0.05) is 12.1 Å². The predicted octanol–water partition coefficient (Wildman–Crippen LogP) is 2.63. The van der Waals surface area contributed by atoms with Crippen molar-refractivity contribution >= 4 is 22.5 Å². The number of pyridine rings is 1. The predicted molar refractivity (Wildman–Crippen MR) is 100 cm³/mol. The van der Waals surface area contributed by atoms with Crippen molar-refractivity contribution in [3.8, 4) is 11.1 Å². The fraction of sp³-hybridized carbons (Fsp3) is 0.200. The van der Waals surface area contributed by atoms with E-state index in [1.165, 1.54) is 6.07 Å². The summed E-state index contributed by atoms with van der Waals surface area (Å²) in [5, 5.41) is 7.57. The summed E-state index contributed by atoms with van der Waals surface area (Å²) < 4.78 is 14.5. The maximum Gasteiger partial charge on any atom is 0.252 e. The number of fused-ring (bicyclic) bond motifs is 1. The lowest BCUT2D eigenvalue weighted by Crippen LogP contribution is -2.56. The number of rotatable bonds is 3. The molecule has 1 fully saturated rings. The molecule has 132 valence electrons. The lowest BCUT2D eigenvalue weighted by Gasteiger charge is -2.28. The number of carbonyl (C=O) groups excluding carboxylic acids is 1. The van der Waals surface area contributed by atoms with Crippen molar-refractivity contribution in [1.82, 2.24) is 15.6 Å². The molecule has 4 rings (SSSR count). The van der Waals surface area contributed by atoms with Crippen LogP contribution >= 0.6 is 0 Å². The van der Waals surface area contributed by atoms with Crippen LogP contribution < -0.4 is 16.4 Å². The first-order chi connectivity index (χ1) is 12.5. The van der Waals surface area contributed by atoms with Gasteiger partial charge in [-0.2, -0.15) is 0 Å². The fourth-order valence-corrected chi connectivity index (χ4v) is 3.26. The van der Waals surface area contributed by atoms with E-state index in [0.29, 0.717) is 27.9 Å². The van der Waals surface area contributed by atoms with Crippen LogP contribution in [0.5, 0.6) is 0 Å². The number of amides is 1. The molecular weight excluding hydrogens is 331 g/mol. The molecule has 26 heavy (non-hydrogen) atoms. The van der Waals surface area contributed by atoms with Crippen LogP contribution in [0.4, 0.5) is 10.2 Å². The summed E-state index contributed by atoms with van der Waals surface area (Å²) in [5.41, 5.74) is 8.24. The molecule has 0 radical (unpaired) electrons. The van der Waals surface area contributed by atoms with Crippen molar-refractivity contribution in [1.29, 1.82) is 0 Å². The van der Waals surface area contributed by atoms with Gasteiger partial charge < -0.3 is 16.4 Å². The minimum Gasteiger partial charge on any atom is -0.384 e. The quantitative estimate of drug-likeness (QED) is 0.678. The van der Waals surface area contributed by atoms with E-state index in [0.717, 1.165) is 24.0 Å². The first-order valence-electron chi connectivity index (χ1n) is 8.49. The van der Waals surface area contributed by atoms with Gasteiger partial charge >= 0.3 is 0 Å². The summed E-state index contributed by atoms with van der Waals surface area (Å²) in [7, 11) is 0. The Labute approximate surface area is 150 Å². The Bertz CT molecular complexity index is 994. The van der Waals surface area contributed by atoms with Gasteiger partial charge in [-0.3, -0.25) is 4.79 Å². The normalized spacial score (nSPS) is 14.2. The Morgan fingerprint density at radius 3 is 2.81 bits per heavy atom. The van der Waals surface area contributed by atoms with E-state index in [2.05, 4.69) is 15.6 Å². The topological polar surface area (TPSA) is 80.0 Å². The molecule has 5 nitrogen and oxygen atoms in total. The molecule has 4 N–H and O–H groups in total. The standard InChI is InChI=1S/C20H19FN4O/c1-11-3-2-4-17(21)19(11)12-5-13-8-24-18(22)7-15(13)16(6-12)20(26)25-14-9-23-10-14/h2-8,14,23H,9-10H2,1H3,(H2,22,24)(H,25,26). The van der Waals surface area contributed by atoms with Crippen molar-refractivity contribution in [2.75, 3.05) is 18.8 Å². The van der Waals surface area contributed by atoms with Crippen molar-refractivity contribution in [2.24, 2.45) is 0 Å². The summed E-state index contributed by atoms with van der Waals surface area (Å²) >= 11 is 0. The van der Waals surface area contributed by atoms with Crippen LogP contribution in [0.2, 0.25) is 0 Å². The maximum atomic E-state index is 14.5. The van der Waals surface area contributed by atoms with Crippen LogP contribution in [0.1, 0.15) is 15.9 Å². The highest BCUT2D eigenvalue weighted by Crippen LogP contribution is 2.32. The number of aryl methyl sites for hydroxylation is 1. The lowest BCUT2D eigenvalue weighted by atomic mass is 9.94. The van der Waals surface area contributed by atoms with Crippen molar-refractivity contribution in [3.05, 3.63) is 59.5 Å². The largest absolute Gasteiger partial charge is 0.384 e. The monoisotopic (exact) mass is 350 g/mol. The molecule has 1 aliphatic heterocycles. The second kappa shape index (κ2) is 6.38. The number of nitrogens with zero attached hydrogens (tertiary/aromatic N) is 1. The highest BCUT2D eigenvalue weighted by molar-refractivity contribution is 6.09. The van der Waals surface area contributed by atoms with Gasteiger partial charge in [0, 0.05) is 35.8 Å². The van der Waals surface area contributed by atoms with Gasteiger partial charge in [0.15, 0.2) is 0 Å². The number of nitrogen functional groups attached to an aromatic ring is 1. The summed E-state index contributed by atoms with van der Waals surface area (Å²) in [6, 6.07) is 10.3. The van der Waals surface area contributed by atoms with Gasteiger partial charge in [0.05, 0.1) is 6.04 Å². The Morgan fingerprint density at radius 2 is 2.12 bits per heavy atom. The molecule has 3 aromatic rings. The molecule has 2 heterocycles. The smallest absolute Gasteiger partial charge is 0.252 e. The first-order valence-corrected chi connectivity index (χ1v) is 8.49. The van der Waals surface area contributed by atoms with Crippen molar-refractivity contribution in [3.63, 3.8) is 0 Å². The molecule has 6 heteroatoms. The van der Waals surface area contributed by atoms with Crippen molar-refractivity contribution < 1.29 is 9.18 Å². The van der Waals surface area contributed by atoms with Gasteiger partial charge in [-0.25, -0.2) is 9.37 Å². The second-order valence-electron chi connectivity index (χ2n) is 6.61. The van der Waals surface area contributed by atoms with Gasteiger partial charge in [0.25, 0.3) is 5.91 Å². The Morgan fingerprint density at radius 1 is 1.31 bits per heavy atom. The molecule has 1 amide bonds. The first kappa shape index (κ1) is 16.5. The molecule has 1 aromatic heterocycles. The molecule has 0 aliphatic carbocycles. The second-order valence-corrected chi connectivity index (χ2v) is 6.61. The fourth-order valence-electron chi connectivity index (χ4n) is 3.26. The minimum absolute atomic E-state index is 0.107. The third kappa shape index (κ3) is 2.88. The van der Waals surface area contributed by atoms with E-state index in [9.17, 15) is 9.18 Å². The highest BCUT2D eigenvalue weighted by atomic mass is 19.1. The van der Waals surface area contributed by atoms with Gasteiger partial charge in [0.2, 0.25) is 0 Å². The molecule has 2 aromatic carbocycles. The number of hydrogen-bond acceptors (Lipinski definition) is 4. The molecule has 1 saturated heterocycles. The van der Waals surface area contributed by atoms with E-state index in [1.54, 1.807) is 24.4 Å². The summed E-state index contributed by atoms with van der Waals surface area (Å²) in [6.45, 7) is 3.35. The molecule has 0 saturated carbocycles. The molecule has 1 aliphatic rings. The van der Waals surface area contributed by atoms with E-state index in [1.807, 2.05) is 19.1 Å². The number of nitrogens with two attached hydrogens (primary N) is 1. The maximum absolute atomic E-state index is 14.5. The summed E-state index contributed by atoms with van der Waals surface area (Å²) in [6.07, 6.45) is 1.62. The third-order valence-corrected chi connectivity index (χ3v) is 4.73. The Balaban J connectivity index is 1.90. The van der Waals surface area contributed by atoms with Crippen molar-refractivity contribution in [2.45, 2.75) is 13.0 Å². The van der Waals surface area contributed by atoms with Crippen LogP contribution in [-0.2, 0) is 0 Å². The molecule has 0 unspecified atom stereocenters.